The molecule has 0 aromatic heterocycles. The highest BCUT2D eigenvalue weighted by Crippen LogP contribution is 2.35. The van der Waals surface area contributed by atoms with Crippen LogP contribution in [0, 0.1) is 11.6 Å². The summed E-state index contributed by atoms with van der Waals surface area (Å²) in [5.41, 5.74) is -0.599. The molecular weight excluding hydrogens is 282 g/mol. The third-order valence-electron chi connectivity index (χ3n) is 2.96. The number of fused-ring (bicyclic) bond motifs is 1. The largest absolute Gasteiger partial charge is 0.485 e. The predicted octanol–water partition coefficient (Wildman–Crippen LogP) is 2.96. The fraction of sp³-hybridized carbons (Fsp3) is 0.133. The highest BCUT2D eigenvalue weighted by molar-refractivity contribution is 5.97. The number of carbonyl (C=O) groups is 1. The molecule has 0 bridgehead atoms. The quantitative estimate of drug-likeness (QED) is 0.813. The Morgan fingerprint density at radius 2 is 1.81 bits per heavy atom. The van der Waals surface area contributed by atoms with Crippen LogP contribution in [0.25, 0.3) is 0 Å². The number of ether oxygens (including phenoxy) is 3. The number of halogens is 2. The van der Waals surface area contributed by atoms with Gasteiger partial charge in [-0.15, -0.1) is 0 Å². The minimum absolute atomic E-state index is 0.123. The molecule has 4 nitrogen and oxygen atoms in total. The highest BCUT2D eigenvalue weighted by atomic mass is 19.1. The lowest BCUT2D eigenvalue weighted by atomic mass is 10.1. The Hall–Kier alpha value is -2.63. The zero-order valence-electron chi connectivity index (χ0n) is 10.8. The molecule has 6 heteroatoms. The van der Waals surface area contributed by atoms with E-state index in [4.69, 9.17) is 14.2 Å². The van der Waals surface area contributed by atoms with Gasteiger partial charge in [-0.25, -0.2) is 8.78 Å². The molecule has 0 amide bonds. The summed E-state index contributed by atoms with van der Waals surface area (Å²) in [6.07, 6.45) is 0. The lowest BCUT2D eigenvalue weighted by Crippen LogP contribution is -2.15. The minimum Gasteiger partial charge on any atom is -0.485 e. The zero-order chi connectivity index (χ0) is 14.8. The molecule has 0 saturated carbocycles. The van der Waals surface area contributed by atoms with Gasteiger partial charge in [0.05, 0.1) is 5.56 Å². The van der Waals surface area contributed by atoms with Crippen molar-refractivity contribution >= 4 is 5.78 Å². The first kappa shape index (κ1) is 13.4. The van der Waals surface area contributed by atoms with Gasteiger partial charge in [0.15, 0.2) is 18.1 Å². The first-order valence-corrected chi connectivity index (χ1v) is 6.15. The monoisotopic (exact) mass is 292 g/mol. The van der Waals surface area contributed by atoms with E-state index in [1.54, 1.807) is 18.2 Å². The van der Waals surface area contributed by atoms with Crippen molar-refractivity contribution in [3.63, 3.8) is 0 Å². The summed E-state index contributed by atoms with van der Waals surface area (Å²) in [5.74, 6) is -1.16. The van der Waals surface area contributed by atoms with Gasteiger partial charge >= 0.3 is 0 Å². The number of hydrogen-bond acceptors (Lipinski definition) is 4. The molecule has 0 spiro atoms. The van der Waals surface area contributed by atoms with Crippen LogP contribution in [0.1, 0.15) is 10.4 Å². The average Bonchev–Trinajstić information content (AvgIpc) is 2.92. The van der Waals surface area contributed by atoms with Crippen LogP contribution in [0.5, 0.6) is 17.2 Å². The molecule has 2 aromatic carbocycles. The third-order valence-corrected chi connectivity index (χ3v) is 2.96. The van der Waals surface area contributed by atoms with E-state index >= 15 is 0 Å². The molecular formula is C15H10F2O4. The van der Waals surface area contributed by atoms with E-state index in [9.17, 15) is 13.6 Å². The number of ketones is 1. The van der Waals surface area contributed by atoms with Gasteiger partial charge in [0, 0.05) is 6.07 Å². The molecule has 0 N–H and O–H groups in total. The lowest BCUT2D eigenvalue weighted by Gasteiger charge is -2.07. The Morgan fingerprint density at radius 1 is 1.10 bits per heavy atom. The van der Waals surface area contributed by atoms with Crippen molar-refractivity contribution in [1.29, 1.82) is 0 Å². The normalized spacial score (nSPS) is 12.3. The molecule has 1 heterocycles. The van der Waals surface area contributed by atoms with E-state index in [0.717, 1.165) is 12.1 Å². The Morgan fingerprint density at radius 3 is 2.57 bits per heavy atom. The van der Waals surface area contributed by atoms with Crippen LogP contribution in [0.15, 0.2) is 36.4 Å². The second-order valence-corrected chi connectivity index (χ2v) is 4.32. The van der Waals surface area contributed by atoms with Gasteiger partial charge < -0.3 is 14.2 Å². The Balaban J connectivity index is 1.71. The molecule has 2 aromatic rings. The van der Waals surface area contributed by atoms with Crippen LogP contribution >= 0.6 is 0 Å². The van der Waals surface area contributed by atoms with E-state index in [1.165, 1.54) is 6.07 Å². The summed E-state index contributed by atoms with van der Waals surface area (Å²) in [6.45, 7) is -0.352. The summed E-state index contributed by atoms with van der Waals surface area (Å²) in [6, 6.07) is 8.01. The fourth-order valence-electron chi connectivity index (χ4n) is 1.95. The van der Waals surface area contributed by atoms with E-state index in [0.29, 0.717) is 17.2 Å². The summed E-state index contributed by atoms with van der Waals surface area (Å²) in [5, 5.41) is 0. The molecule has 0 saturated heterocycles. The molecule has 0 fully saturated rings. The van der Waals surface area contributed by atoms with E-state index in [1.807, 2.05) is 0 Å². The Kier molecular flexibility index (Phi) is 3.43. The van der Waals surface area contributed by atoms with Gasteiger partial charge in [-0.2, -0.15) is 0 Å². The summed E-state index contributed by atoms with van der Waals surface area (Å²) < 4.78 is 42.4. The van der Waals surface area contributed by atoms with Crippen LogP contribution in [0.4, 0.5) is 8.78 Å². The number of Topliss-reactive ketones (excluding diaryl/α,β-unsaturated/α-hetero) is 1. The smallest absolute Gasteiger partial charge is 0.231 e. The second kappa shape index (κ2) is 5.40. The van der Waals surface area contributed by atoms with Gasteiger partial charge in [-0.05, 0) is 24.3 Å². The first-order valence-electron chi connectivity index (χ1n) is 6.15. The molecule has 21 heavy (non-hydrogen) atoms. The van der Waals surface area contributed by atoms with Crippen LogP contribution in [-0.2, 0) is 0 Å². The fourth-order valence-corrected chi connectivity index (χ4v) is 1.95. The van der Waals surface area contributed by atoms with E-state index in [-0.39, 0.29) is 6.79 Å². The van der Waals surface area contributed by atoms with E-state index < -0.39 is 29.6 Å². The van der Waals surface area contributed by atoms with Crippen molar-refractivity contribution in [3.05, 3.63) is 53.6 Å². The Bertz CT molecular complexity index is 680. The number of rotatable bonds is 4. The van der Waals surface area contributed by atoms with Crippen LogP contribution in [-0.4, -0.2) is 19.2 Å². The van der Waals surface area contributed by atoms with Crippen molar-refractivity contribution in [2.45, 2.75) is 0 Å². The number of benzene rings is 2. The maximum Gasteiger partial charge on any atom is 0.231 e. The van der Waals surface area contributed by atoms with Gasteiger partial charge in [0.1, 0.15) is 17.4 Å². The van der Waals surface area contributed by atoms with E-state index in [2.05, 4.69) is 0 Å². The second-order valence-electron chi connectivity index (χ2n) is 4.32. The van der Waals surface area contributed by atoms with Gasteiger partial charge in [-0.3, -0.25) is 4.79 Å². The van der Waals surface area contributed by atoms with Crippen molar-refractivity contribution in [2.75, 3.05) is 13.4 Å². The molecule has 0 radical (unpaired) electrons. The lowest BCUT2D eigenvalue weighted by molar-refractivity contribution is 0.0912. The molecule has 0 atom stereocenters. The van der Waals surface area contributed by atoms with Crippen LogP contribution < -0.4 is 14.2 Å². The first-order chi connectivity index (χ1) is 10.1. The summed E-state index contributed by atoms with van der Waals surface area (Å²) >= 11 is 0. The van der Waals surface area contributed by atoms with Gasteiger partial charge in [0.2, 0.25) is 12.6 Å². The highest BCUT2D eigenvalue weighted by Gasteiger charge is 2.18. The molecule has 0 unspecified atom stereocenters. The molecule has 0 aliphatic carbocycles. The van der Waals surface area contributed by atoms with Gasteiger partial charge in [0.25, 0.3) is 0 Å². The van der Waals surface area contributed by atoms with Crippen molar-refractivity contribution < 1.29 is 27.8 Å². The topological polar surface area (TPSA) is 44.8 Å². The molecule has 1 aliphatic heterocycles. The number of hydrogen-bond donors (Lipinski definition) is 0. The third kappa shape index (κ3) is 2.65. The SMILES string of the molecule is O=C(COc1ccc2c(c1)OCO2)c1c(F)cccc1F. The standard InChI is InChI=1S/C15H10F2O4/c16-10-2-1-3-11(17)15(10)12(18)7-19-9-4-5-13-14(6-9)21-8-20-13/h1-6H,7-8H2. The number of carbonyl (C=O) groups excluding carboxylic acids is 1. The zero-order valence-corrected chi connectivity index (χ0v) is 10.8. The van der Waals surface area contributed by atoms with Crippen molar-refractivity contribution in [1.82, 2.24) is 0 Å². The van der Waals surface area contributed by atoms with Crippen molar-refractivity contribution in [3.8, 4) is 17.2 Å². The van der Waals surface area contributed by atoms with Crippen LogP contribution in [0.3, 0.4) is 0 Å². The summed E-state index contributed by atoms with van der Waals surface area (Å²) in [4.78, 5) is 11.8. The average molecular weight is 292 g/mol. The molecule has 1 aliphatic rings. The molecule has 108 valence electrons. The van der Waals surface area contributed by atoms with Crippen molar-refractivity contribution in [2.24, 2.45) is 0 Å². The maximum atomic E-state index is 13.5. The Labute approximate surface area is 118 Å². The van der Waals surface area contributed by atoms with Gasteiger partial charge in [-0.1, -0.05) is 6.07 Å². The van der Waals surface area contributed by atoms with Crippen LogP contribution in [0.2, 0.25) is 0 Å². The summed E-state index contributed by atoms with van der Waals surface area (Å²) in [7, 11) is 0. The minimum atomic E-state index is -0.908. The molecule has 3 rings (SSSR count). The maximum absolute atomic E-state index is 13.5. The predicted molar refractivity (Wildman–Crippen MR) is 68.7 cm³/mol.